The number of aromatic nitrogens is 1. The van der Waals surface area contributed by atoms with E-state index in [4.69, 9.17) is 21.1 Å². The topological polar surface area (TPSA) is 76.8 Å². The molecule has 0 saturated carbocycles. The monoisotopic (exact) mass is 528 g/mol. The summed E-state index contributed by atoms with van der Waals surface area (Å²) in [7, 11) is -6.73. The van der Waals surface area contributed by atoms with E-state index in [1.807, 2.05) is 20.8 Å². The van der Waals surface area contributed by atoms with Crippen LogP contribution < -0.4 is 9.30 Å². The zero-order chi connectivity index (χ0) is 26.3. The lowest BCUT2D eigenvalue weighted by atomic mass is 10.2. The molecule has 0 spiro atoms. The molecule has 0 amide bonds. The first kappa shape index (κ1) is 29.7. The molecule has 2 rings (SSSR count). The molecular formula is C20H26BClF4N2O5S. The van der Waals surface area contributed by atoms with Crippen LogP contribution in [0.3, 0.4) is 0 Å². The fourth-order valence-electron chi connectivity index (χ4n) is 2.89. The van der Waals surface area contributed by atoms with Crippen molar-refractivity contribution in [1.82, 2.24) is 4.31 Å². The van der Waals surface area contributed by atoms with Crippen LogP contribution in [0, 0.1) is 20.8 Å². The van der Waals surface area contributed by atoms with Gasteiger partial charge in [0.25, 0.3) is 0 Å². The number of aryl methyl sites for hydroxylation is 3. The zero-order valence-corrected chi connectivity index (χ0v) is 20.9. The summed E-state index contributed by atoms with van der Waals surface area (Å²) in [6.45, 7) is 6.48. The van der Waals surface area contributed by atoms with Gasteiger partial charge in [0.2, 0.25) is 10.0 Å². The quantitative estimate of drug-likeness (QED) is 0.226. The predicted molar refractivity (Wildman–Crippen MR) is 120 cm³/mol. The summed E-state index contributed by atoms with van der Waals surface area (Å²) in [5.74, 6) is -0.324. The zero-order valence-electron chi connectivity index (χ0n) is 19.3. The molecule has 34 heavy (non-hydrogen) atoms. The van der Waals surface area contributed by atoms with Crippen molar-refractivity contribution in [1.29, 1.82) is 0 Å². The number of hydrogen-bond donors (Lipinski definition) is 0. The van der Waals surface area contributed by atoms with E-state index in [9.17, 15) is 30.5 Å². The van der Waals surface area contributed by atoms with E-state index in [1.165, 1.54) is 37.9 Å². The molecule has 0 fully saturated rings. The molecule has 0 aliphatic rings. The largest absolute Gasteiger partial charge is 0.673 e. The third kappa shape index (κ3) is 9.86. The second-order valence-electron chi connectivity index (χ2n) is 7.35. The van der Waals surface area contributed by atoms with Crippen molar-refractivity contribution in [3.63, 3.8) is 0 Å². The van der Waals surface area contributed by atoms with Crippen molar-refractivity contribution in [3.05, 3.63) is 52.3 Å². The molecule has 1 aromatic carbocycles. The fraction of sp³-hybridized carbons (Fsp3) is 0.400. The molecule has 0 aliphatic heterocycles. The Labute approximate surface area is 201 Å². The van der Waals surface area contributed by atoms with Gasteiger partial charge in [0.05, 0.1) is 9.92 Å². The summed E-state index contributed by atoms with van der Waals surface area (Å²) in [5, 5.41) is 0.0992. The van der Waals surface area contributed by atoms with E-state index >= 15 is 0 Å². The normalized spacial score (nSPS) is 11.6. The third-order valence-corrected chi connectivity index (χ3v) is 6.44. The third-order valence-electron chi connectivity index (χ3n) is 4.33. The van der Waals surface area contributed by atoms with E-state index < -0.39 is 23.2 Å². The van der Waals surface area contributed by atoms with Crippen molar-refractivity contribution in [2.24, 2.45) is 0 Å². The number of carbonyl (C=O) groups excluding carboxylic acids is 1. The van der Waals surface area contributed by atoms with Crippen LogP contribution in [0.4, 0.5) is 17.3 Å². The first-order chi connectivity index (χ1) is 15.5. The molecule has 2 aromatic rings. The summed E-state index contributed by atoms with van der Waals surface area (Å²) in [4.78, 5) is 12.0. The molecule has 0 bridgehead atoms. The fourth-order valence-corrected chi connectivity index (χ4v) is 4.11. The highest BCUT2D eigenvalue weighted by molar-refractivity contribution is 7.89. The van der Waals surface area contributed by atoms with Crippen LogP contribution in [0.15, 0.2) is 35.2 Å². The van der Waals surface area contributed by atoms with Gasteiger partial charge in [0.15, 0.2) is 31.1 Å². The maximum absolute atomic E-state index is 12.1. The predicted octanol–water partition coefficient (Wildman–Crippen LogP) is 3.73. The van der Waals surface area contributed by atoms with Crippen molar-refractivity contribution in [2.75, 3.05) is 27.3 Å². The van der Waals surface area contributed by atoms with E-state index in [1.54, 1.807) is 0 Å². The molecule has 0 N–H and O–H groups in total. The highest BCUT2D eigenvalue weighted by Gasteiger charge is 2.21. The standard InChI is InChI=1S/C20H26ClN2O5S.BF4/c1-14-10-15(2)23(16(3)11-14)8-9-27-20(24)13-28-19-7-6-17(12-18(19)21)29(25,26)22(4)5;2-1(3,4)5/h6-7,10-12H,8-9,13H2,1-5H3;/q+1;-1. The van der Waals surface area contributed by atoms with E-state index in [0.29, 0.717) is 6.54 Å². The molecule has 0 unspecified atom stereocenters. The Morgan fingerprint density at radius 2 is 1.59 bits per heavy atom. The number of hydrogen-bond acceptors (Lipinski definition) is 5. The Kier molecular flexibility index (Phi) is 10.8. The maximum atomic E-state index is 12.1. The first-order valence-electron chi connectivity index (χ1n) is 9.88. The lowest BCUT2D eigenvalue weighted by Crippen LogP contribution is -2.42. The molecule has 14 heteroatoms. The van der Waals surface area contributed by atoms with E-state index in [2.05, 4.69) is 16.7 Å². The van der Waals surface area contributed by atoms with Crippen LogP contribution in [-0.4, -0.2) is 53.3 Å². The minimum absolute atomic E-state index is 0.0447. The first-order valence-corrected chi connectivity index (χ1v) is 11.7. The number of halogens is 5. The summed E-state index contributed by atoms with van der Waals surface area (Å²) >= 11 is 6.09. The Balaban J connectivity index is 0.00000104. The van der Waals surface area contributed by atoms with Gasteiger partial charge in [-0.05, 0) is 30.7 Å². The summed E-state index contributed by atoms with van der Waals surface area (Å²) in [6.07, 6.45) is 0. The number of ether oxygens (including phenoxy) is 2. The minimum atomic E-state index is -6.00. The minimum Gasteiger partial charge on any atom is -0.480 e. The molecule has 0 atom stereocenters. The van der Waals surface area contributed by atoms with Gasteiger partial charge >= 0.3 is 13.2 Å². The summed E-state index contributed by atoms with van der Waals surface area (Å²) in [5.41, 5.74) is 3.37. The molecule has 7 nitrogen and oxygen atoms in total. The second-order valence-corrected chi connectivity index (χ2v) is 9.91. The number of nitrogens with zero attached hydrogens (tertiary/aromatic N) is 2. The van der Waals surface area contributed by atoms with Gasteiger partial charge in [-0.2, -0.15) is 4.57 Å². The van der Waals surface area contributed by atoms with Gasteiger partial charge in [-0.25, -0.2) is 17.5 Å². The molecule has 0 radical (unpaired) electrons. The summed E-state index contributed by atoms with van der Waals surface area (Å²) in [6, 6.07) is 8.22. The molecule has 0 aliphatic carbocycles. The van der Waals surface area contributed by atoms with Crippen LogP contribution in [0.2, 0.25) is 5.02 Å². The molecule has 0 saturated heterocycles. The average Bonchev–Trinajstić information content (AvgIpc) is 2.67. The van der Waals surface area contributed by atoms with Gasteiger partial charge in [-0.1, -0.05) is 11.6 Å². The van der Waals surface area contributed by atoms with Crippen LogP contribution in [-0.2, 0) is 26.1 Å². The van der Waals surface area contributed by atoms with Crippen LogP contribution in [0.25, 0.3) is 0 Å². The number of sulfonamides is 1. The van der Waals surface area contributed by atoms with Crippen LogP contribution in [0.5, 0.6) is 5.75 Å². The van der Waals surface area contributed by atoms with Crippen molar-refractivity contribution in [3.8, 4) is 5.75 Å². The Morgan fingerprint density at radius 1 is 1.06 bits per heavy atom. The van der Waals surface area contributed by atoms with E-state index in [0.717, 1.165) is 15.7 Å². The highest BCUT2D eigenvalue weighted by atomic mass is 35.5. The van der Waals surface area contributed by atoms with Crippen LogP contribution in [0.1, 0.15) is 17.0 Å². The Hall–Kier alpha value is -2.38. The van der Waals surface area contributed by atoms with E-state index in [-0.39, 0.29) is 28.9 Å². The smallest absolute Gasteiger partial charge is 0.480 e. The van der Waals surface area contributed by atoms with Gasteiger partial charge < -0.3 is 26.7 Å². The Bertz CT molecular complexity index is 1090. The van der Waals surface area contributed by atoms with Crippen molar-refractivity contribution >= 4 is 34.8 Å². The number of esters is 1. The SMILES string of the molecule is Cc1cc(C)[n+](CCOC(=O)COc2ccc(S(=O)(=O)N(C)C)cc2Cl)c(C)c1.F[B-](F)(F)F. The van der Waals surface area contributed by atoms with Gasteiger partial charge in [0, 0.05) is 40.1 Å². The molecular weight excluding hydrogens is 503 g/mol. The maximum Gasteiger partial charge on any atom is 0.673 e. The lowest BCUT2D eigenvalue weighted by Gasteiger charge is -2.13. The van der Waals surface area contributed by atoms with Crippen LogP contribution >= 0.6 is 11.6 Å². The summed E-state index contributed by atoms with van der Waals surface area (Å²) < 4.78 is 77.0. The van der Waals surface area contributed by atoms with Crippen molar-refractivity contribution in [2.45, 2.75) is 32.2 Å². The number of rotatable bonds is 8. The number of carbonyl (C=O) groups is 1. The highest BCUT2D eigenvalue weighted by Crippen LogP contribution is 2.28. The van der Waals surface area contributed by atoms with Gasteiger partial charge in [-0.15, -0.1) is 0 Å². The lowest BCUT2D eigenvalue weighted by molar-refractivity contribution is -0.709. The molecule has 1 aromatic heterocycles. The Morgan fingerprint density at radius 3 is 2.06 bits per heavy atom. The molecule has 1 heterocycles. The average molecular weight is 529 g/mol. The molecule has 190 valence electrons. The van der Waals surface area contributed by atoms with Gasteiger partial charge in [0.1, 0.15) is 5.75 Å². The van der Waals surface area contributed by atoms with Crippen molar-refractivity contribution < 1.29 is 44.5 Å². The van der Waals surface area contributed by atoms with Gasteiger partial charge in [-0.3, -0.25) is 0 Å². The second kappa shape index (κ2) is 12.4. The number of pyridine rings is 1. The number of benzene rings is 1.